The molecule has 0 unspecified atom stereocenters. The second kappa shape index (κ2) is 5.45. The Morgan fingerprint density at radius 1 is 1.45 bits per heavy atom. The number of aryl methyl sites for hydroxylation is 1. The second-order valence-electron chi connectivity index (χ2n) is 5.20. The Morgan fingerprint density at radius 3 is 2.60 bits per heavy atom. The largest absolute Gasteiger partial charge is 0.316 e. The zero-order chi connectivity index (χ0) is 14.9. The van der Waals surface area contributed by atoms with Crippen molar-refractivity contribution in [2.45, 2.75) is 19.6 Å². The summed E-state index contributed by atoms with van der Waals surface area (Å²) in [5, 5.41) is 14.0. The zero-order valence-corrected chi connectivity index (χ0v) is 12.2. The first-order chi connectivity index (χ1) is 9.30. The smallest absolute Gasteiger partial charge is 0.278 e. The van der Waals surface area contributed by atoms with Gasteiger partial charge >= 0.3 is 0 Å². The molecule has 0 saturated carbocycles. The van der Waals surface area contributed by atoms with Crippen LogP contribution in [0.3, 0.4) is 0 Å². The van der Waals surface area contributed by atoms with E-state index in [1.54, 1.807) is 13.8 Å². The van der Waals surface area contributed by atoms with Crippen molar-refractivity contribution in [2.24, 2.45) is 5.92 Å². The Kier molecular flexibility index (Phi) is 4.05. The quantitative estimate of drug-likeness (QED) is 0.635. The number of sulfone groups is 1. The summed E-state index contributed by atoms with van der Waals surface area (Å²) in [6.07, 6.45) is 1.36. The first-order valence-electron chi connectivity index (χ1n) is 6.31. The van der Waals surface area contributed by atoms with Crippen LogP contribution in [0.15, 0.2) is 6.20 Å². The van der Waals surface area contributed by atoms with Crippen molar-refractivity contribution in [3.8, 4) is 0 Å². The normalized spacial score (nSPS) is 15.9. The van der Waals surface area contributed by atoms with E-state index >= 15 is 0 Å². The predicted molar refractivity (Wildman–Crippen MR) is 74.2 cm³/mol. The van der Waals surface area contributed by atoms with Crippen molar-refractivity contribution in [3.05, 3.63) is 33.1 Å². The fourth-order valence-corrected chi connectivity index (χ4v) is 4.06. The molecule has 0 atom stereocenters. The number of nitrogens with zero attached hydrogens (tertiary/aromatic N) is 2. The van der Waals surface area contributed by atoms with E-state index in [1.165, 1.54) is 6.20 Å². The molecule has 110 valence electrons. The third-order valence-electron chi connectivity index (χ3n) is 3.47. The van der Waals surface area contributed by atoms with Crippen molar-refractivity contribution in [1.82, 2.24) is 10.3 Å². The number of rotatable bonds is 5. The number of hydrogen-bond donors (Lipinski definition) is 1. The van der Waals surface area contributed by atoms with Crippen LogP contribution in [-0.2, 0) is 15.6 Å². The van der Waals surface area contributed by atoms with E-state index in [-0.39, 0.29) is 28.8 Å². The lowest BCUT2D eigenvalue weighted by molar-refractivity contribution is -0.386. The molecule has 7 nitrogen and oxygen atoms in total. The maximum atomic E-state index is 12.1. The molecular formula is C12H17N3O4S. The first-order valence-corrected chi connectivity index (χ1v) is 8.13. The molecule has 0 spiro atoms. The van der Waals surface area contributed by atoms with Gasteiger partial charge in [-0.15, -0.1) is 0 Å². The Bertz CT molecular complexity index is 638. The van der Waals surface area contributed by atoms with Gasteiger partial charge in [0, 0.05) is 30.4 Å². The highest BCUT2D eigenvalue weighted by Crippen LogP contribution is 2.25. The van der Waals surface area contributed by atoms with Crippen LogP contribution >= 0.6 is 0 Å². The Balaban J connectivity index is 2.25. The second-order valence-corrected chi connectivity index (χ2v) is 7.31. The molecule has 0 bridgehead atoms. The average Bonchev–Trinajstić information content (AvgIpc) is 2.28. The van der Waals surface area contributed by atoms with E-state index in [0.717, 1.165) is 0 Å². The van der Waals surface area contributed by atoms with Gasteiger partial charge in [0.2, 0.25) is 0 Å². The van der Waals surface area contributed by atoms with E-state index in [0.29, 0.717) is 24.2 Å². The molecule has 0 aromatic carbocycles. The zero-order valence-electron chi connectivity index (χ0n) is 11.4. The molecule has 1 aromatic heterocycles. The van der Waals surface area contributed by atoms with Gasteiger partial charge in [0.05, 0.1) is 22.1 Å². The maximum Gasteiger partial charge on any atom is 0.278 e. The van der Waals surface area contributed by atoms with Gasteiger partial charge in [0.15, 0.2) is 9.84 Å². The third-order valence-corrected chi connectivity index (χ3v) is 5.16. The maximum absolute atomic E-state index is 12.1. The molecule has 8 heteroatoms. The highest BCUT2D eigenvalue weighted by Gasteiger charge is 2.27. The lowest BCUT2D eigenvalue weighted by Gasteiger charge is -2.26. The van der Waals surface area contributed by atoms with Crippen LogP contribution in [0.5, 0.6) is 0 Å². The Morgan fingerprint density at radius 2 is 2.10 bits per heavy atom. The van der Waals surface area contributed by atoms with Gasteiger partial charge in [0.1, 0.15) is 0 Å². The minimum absolute atomic E-state index is 0.0458. The third kappa shape index (κ3) is 3.13. The molecule has 1 fully saturated rings. The molecule has 0 amide bonds. The predicted octanol–water partition coefficient (Wildman–Crippen LogP) is 0.741. The summed E-state index contributed by atoms with van der Waals surface area (Å²) in [6, 6.07) is 0. The molecule has 1 N–H and O–H groups in total. The van der Waals surface area contributed by atoms with Crippen molar-refractivity contribution in [1.29, 1.82) is 0 Å². The molecule has 0 aliphatic carbocycles. The molecule has 0 radical (unpaired) electrons. The summed E-state index contributed by atoms with van der Waals surface area (Å²) in [4.78, 5) is 14.6. The van der Waals surface area contributed by atoms with Crippen LogP contribution in [0.2, 0.25) is 0 Å². The van der Waals surface area contributed by atoms with E-state index in [1.807, 2.05) is 0 Å². The van der Waals surface area contributed by atoms with Gasteiger partial charge in [0.25, 0.3) is 5.69 Å². The highest BCUT2D eigenvalue weighted by molar-refractivity contribution is 7.90. The minimum Gasteiger partial charge on any atom is -0.316 e. The van der Waals surface area contributed by atoms with Crippen molar-refractivity contribution in [2.75, 3.05) is 18.8 Å². The number of aromatic nitrogens is 1. The summed E-state index contributed by atoms with van der Waals surface area (Å²) >= 11 is 0. The van der Waals surface area contributed by atoms with Gasteiger partial charge in [-0.1, -0.05) is 0 Å². The molecule has 1 aliphatic heterocycles. The molecular weight excluding hydrogens is 282 g/mol. The molecule has 1 aliphatic rings. The van der Waals surface area contributed by atoms with Crippen LogP contribution in [-0.4, -0.2) is 37.2 Å². The van der Waals surface area contributed by atoms with Crippen LogP contribution < -0.4 is 5.32 Å². The summed E-state index contributed by atoms with van der Waals surface area (Å²) in [6.45, 7) is 4.56. The van der Waals surface area contributed by atoms with E-state index < -0.39 is 14.8 Å². The van der Waals surface area contributed by atoms with Crippen LogP contribution in [0.4, 0.5) is 5.69 Å². The highest BCUT2D eigenvalue weighted by atomic mass is 32.2. The van der Waals surface area contributed by atoms with Gasteiger partial charge in [-0.2, -0.15) is 0 Å². The average molecular weight is 299 g/mol. The van der Waals surface area contributed by atoms with Crippen molar-refractivity contribution >= 4 is 15.5 Å². The Labute approximate surface area is 117 Å². The fourth-order valence-electron chi connectivity index (χ4n) is 2.28. The standard InChI is InChI=1S/C12H17N3O4S/c1-8-3-14-11(9(2)12(8)15(16)17)7-20(18,19)6-10-4-13-5-10/h3,10,13H,4-7H2,1-2H3. The summed E-state index contributed by atoms with van der Waals surface area (Å²) < 4.78 is 24.2. The van der Waals surface area contributed by atoms with Gasteiger partial charge in [-0.05, 0) is 19.8 Å². The monoisotopic (exact) mass is 299 g/mol. The molecule has 2 heterocycles. The van der Waals surface area contributed by atoms with Gasteiger partial charge in [-0.25, -0.2) is 8.42 Å². The number of hydrogen-bond acceptors (Lipinski definition) is 6. The summed E-state index contributed by atoms with van der Waals surface area (Å²) in [5.74, 6) is -0.0000612. The lowest BCUT2D eigenvalue weighted by atomic mass is 10.1. The van der Waals surface area contributed by atoms with E-state index in [2.05, 4.69) is 10.3 Å². The number of nitrogens with one attached hydrogen (secondary N) is 1. The SMILES string of the molecule is Cc1cnc(CS(=O)(=O)CC2CNC2)c(C)c1[N+](=O)[O-]. The Hall–Kier alpha value is -1.54. The minimum atomic E-state index is -3.30. The molecule has 1 saturated heterocycles. The van der Waals surface area contributed by atoms with Gasteiger partial charge in [-0.3, -0.25) is 15.1 Å². The van der Waals surface area contributed by atoms with Crippen LogP contribution in [0.25, 0.3) is 0 Å². The molecule has 1 aromatic rings. The lowest BCUT2D eigenvalue weighted by Crippen LogP contribution is -2.45. The summed E-state index contributed by atoms with van der Waals surface area (Å²) in [5.41, 5.74) is 1.01. The summed E-state index contributed by atoms with van der Waals surface area (Å²) in [7, 11) is -3.30. The van der Waals surface area contributed by atoms with Crippen LogP contribution in [0.1, 0.15) is 16.8 Å². The fraction of sp³-hybridized carbons (Fsp3) is 0.583. The van der Waals surface area contributed by atoms with Crippen molar-refractivity contribution < 1.29 is 13.3 Å². The molecule has 2 rings (SSSR count). The van der Waals surface area contributed by atoms with E-state index in [4.69, 9.17) is 0 Å². The number of nitro groups is 1. The topological polar surface area (TPSA) is 102 Å². The number of pyridine rings is 1. The first kappa shape index (κ1) is 14.9. The van der Waals surface area contributed by atoms with Gasteiger partial charge < -0.3 is 5.32 Å². The van der Waals surface area contributed by atoms with E-state index in [9.17, 15) is 18.5 Å². The van der Waals surface area contributed by atoms with Crippen LogP contribution in [0, 0.1) is 29.9 Å². The van der Waals surface area contributed by atoms with Crippen molar-refractivity contribution in [3.63, 3.8) is 0 Å². The molecule has 20 heavy (non-hydrogen) atoms.